The van der Waals surface area contributed by atoms with Crippen LogP contribution in [0.1, 0.15) is 40.2 Å². The van der Waals surface area contributed by atoms with Gasteiger partial charge in [0.2, 0.25) is 11.8 Å². The van der Waals surface area contributed by atoms with Gasteiger partial charge in [0.05, 0.1) is 34.2 Å². The van der Waals surface area contributed by atoms with Crippen LogP contribution >= 0.6 is 34.8 Å². The molecule has 0 aromatic heterocycles. The predicted octanol–water partition coefficient (Wildman–Crippen LogP) is 8.70. The summed E-state index contributed by atoms with van der Waals surface area (Å²) in [6, 6.07) is 8.70. The van der Waals surface area contributed by atoms with Gasteiger partial charge in [-0.25, -0.2) is 8.78 Å². The number of carbonyl (C=O) groups is 3. The lowest BCUT2D eigenvalue weighted by Gasteiger charge is -2.12. The summed E-state index contributed by atoms with van der Waals surface area (Å²) in [5, 5.41) is 6.83. The van der Waals surface area contributed by atoms with E-state index in [9.17, 15) is 49.5 Å². The molecule has 0 heterocycles. The molecule has 0 unspecified atom stereocenters. The van der Waals surface area contributed by atoms with Crippen molar-refractivity contribution in [3.63, 3.8) is 0 Å². The maximum absolute atomic E-state index is 14.6. The molecule has 1 fully saturated rings. The van der Waals surface area contributed by atoms with Crippen LogP contribution in [0.5, 0.6) is 0 Å². The summed E-state index contributed by atoms with van der Waals surface area (Å²) >= 11 is 18.5. The largest absolute Gasteiger partial charge is 0.419 e. The highest BCUT2D eigenvalue weighted by Gasteiger charge is 2.67. The Morgan fingerprint density at radius 1 is 0.800 bits per heavy atom. The highest BCUT2D eigenvalue weighted by molar-refractivity contribution is 6.53. The first-order chi connectivity index (χ1) is 20.8. The van der Waals surface area contributed by atoms with E-state index in [1.165, 1.54) is 18.2 Å². The SMILES string of the molecule is O=C(CCC(F)(F)F)Nc1ccc(C(=O)Nc2cc(NC(=O)[C@H]3[C@H](c4ccc(F)c(C(F)(F)F)c4)C3(Cl)Cl)ccc2Cl)c(F)c1. The van der Waals surface area contributed by atoms with Gasteiger partial charge >= 0.3 is 12.4 Å². The zero-order chi connectivity index (χ0) is 33.5. The zero-order valence-electron chi connectivity index (χ0n) is 22.1. The van der Waals surface area contributed by atoms with Crippen molar-refractivity contribution >= 4 is 69.6 Å². The van der Waals surface area contributed by atoms with E-state index in [0.717, 1.165) is 24.3 Å². The van der Waals surface area contributed by atoms with Crippen LogP contribution in [0, 0.1) is 17.6 Å². The van der Waals surface area contributed by atoms with E-state index in [1.54, 1.807) is 0 Å². The molecule has 45 heavy (non-hydrogen) atoms. The molecule has 3 N–H and O–H groups in total. The normalized spacial score (nSPS) is 17.4. The maximum Gasteiger partial charge on any atom is 0.419 e. The van der Waals surface area contributed by atoms with Gasteiger partial charge < -0.3 is 16.0 Å². The Hall–Kier alpha value is -3.62. The van der Waals surface area contributed by atoms with E-state index in [2.05, 4.69) is 16.0 Å². The number of anilines is 3. The second-order valence-electron chi connectivity index (χ2n) is 9.86. The van der Waals surface area contributed by atoms with E-state index in [-0.39, 0.29) is 27.6 Å². The minimum absolute atomic E-state index is 0.0296. The van der Waals surface area contributed by atoms with Gasteiger partial charge in [0.25, 0.3) is 5.91 Å². The molecule has 0 spiro atoms. The minimum atomic E-state index is -5.00. The quantitative estimate of drug-likeness (QED) is 0.162. The Balaban J connectivity index is 1.44. The van der Waals surface area contributed by atoms with Gasteiger partial charge in [-0.1, -0.05) is 17.7 Å². The third-order valence-electron chi connectivity index (χ3n) is 6.61. The summed E-state index contributed by atoms with van der Waals surface area (Å²) in [6.07, 6.45) is -11.8. The molecule has 6 nitrogen and oxygen atoms in total. The first-order valence-corrected chi connectivity index (χ1v) is 13.7. The van der Waals surface area contributed by atoms with E-state index >= 15 is 0 Å². The Labute approximate surface area is 264 Å². The van der Waals surface area contributed by atoms with Gasteiger partial charge in [-0.3, -0.25) is 14.4 Å². The number of carbonyl (C=O) groups excluding carboxylic acids is 3. The number of hydrogen-bond acceptors (Lipinski definition) is 3. The smallest absolute Gasteiger partial charge is 0.326 e. The van der Waals surface area contributed by atoms with Crippen molar-refractivity contribution in [2.75, 3.05) is 16.0 Å². The highest BCUT2D eigenvalue weighted by atomic mass is 35.5. The second kappa shape index (κ2) is 12.6. The molecule has 1 saturated carbocycles. The van der Waals surface area contributed by atoms with Gasteiger partial charge in [0, 0.05) is 23.7 Å². The molecule has 1 aliphatic rings. The van der Waals surface area contributed by atoms with Crippen LogP contribution in [-0.4, -0.2) is 28.2 Å². The van der Waals surface area contributed by atoms with Crippen LogP contribution < -0.4 is 16.0 Å². The molecule has 3 aromatic rings. The molecule has 0 bridgehead atoms. The van der Waals surface area contributed by atoms with E-state index in [1.807, 2.05) is 0 Å². The van der Waals surface area contributed by atoms with Crippen LogP contribution in [0.2, 0.25) is 5.02 Å². The number of benzene rings is 3. The standard InChI is InChI=1S/C28H18Cl3F8N3O3/c29-17-5-3-14(41-25(45)23-22(27(23,30)31)12-1-6-18(32)16(9-12)28(37,38)39)11-20(17)42-24(44)15-4-2-13(10-19(15)33)40-21(43)7-8-26(34,35)36/h1-6,9-11,22-23H,7-8H2,(H,40,43)(H,41,45)(H,42,44)/t22-,23+/m0/s1. The van der Waals surface area contributed by atoms with Crippen molar-refractivity contribution in [2.45, 2.75) is 35.4 Å². The first-order valence-electron chi connectivity index (χ1n) is 12.6. The molecule has 0 aliphatic heterocycles. The van der Waals surface area contributed by atoms with Crippen LogP contribution in [0.4, 0.5) is 52.2 Å². The average molecular weight is 703 g/mol. The Kier molecular flexibility index (Phi) is 9.62. The van der Waals surface area contributed by atoms with Crippen molar-refractivity contribution in [2.24, 2.45) is 5.92 Å². The molecule has 4 rings (SSSR count). The van der Waals surface area contributed by atoms with Gasteiger partial charge in [-0.15, -0.1) is 23.2 Å². The number of rotatable bonds is 8. The number of nitrogens with one attached hydrogen (secondary N) is 3. The highest BCUT2D eigenvalue weighted by Crippen LogP contribution is 2.65. The minimum Gasteiger partial charge on any atom is -0.326 e. The molecule has 3 amide bonds. The Morgan fingerprint density at radius 3 is 2.07 bits per heavy atom. The average Bonchev–Trinajstić information content (AvgIpc) is 3.50. The topological polar surface area (TPSA) is 87.3 Å². The van der Waals surface area contributed by atoms with E-state index < -0.39 is 81.8 Å². The summed E-state index contributed by atoms with van der Waals surface area (Å²) in [4.78, 5) is 37.4. The third kappa shape index (κ3) is 8.16. The van der Waals surface area contributed by atoms with Gasteiger partial charge in [0.1, 0.15) is 16.0 Å². The maximum atomic E-state index is 14.6. The molecule has 240 valence electrons. The molecular weight excluding hydrogens is 685 g/mol. The summed E-state index contributed by atoms with van der Waals surface area (Å²) in [5.74, 6) is -7.86. The lowest BCUT2D eigenvalue weighted by atomic mass is 10.0. The fourth-order valence-corrected chi connectivity index (χ4v) is 5.38. The monoisotopic (exact) mass is 701 g/mol. The van der Waals surface area contributed by atoms with Crippen LogP contribution in [0.15, 0.2) is 54.6 Å². The van der Waals surface area contributed by atoms with Crippen LogP contribution in [0.3, 0.4) is 0 Å². The number of hydrogen-bond donors (Lipinski definition) is 3. The van der Waals surface area contributed by atoms with E-state index in [4.69, 9.17) is 34.8 Å². The van der Waals surface area contributed by atoms with Crippen molar-refractivity contribution in [3.05, 3.63) is 87.9 Å². The molecule has 17 heteroatoms. The number of halogens is 11. The Bertz CT molecular complexity index is 1660. The van der Waals surface area contributed by atoms with Crippen molar-refractivity contribution in [3.8, 4) is 0 Å². The molecule has 1 aliphatic carbocycles. The third-order valence-corrected chi connectivity index (χ3v) is 7.88. The van der Waals surface area contributed by atoms with Crippen molar-refractivity contribution in [1.29, 1.82) is 0 Å². The van der Waals surface area contributed by atoms with Gasteiger partial charge in [-0.05, 0) is 54.1 Å². The second-order valence-corrected chi connectivity index (χ2v) is 11.7. The molecular formula is C28H18Cl3F8N3O3. The van der Waals surface area contributed by atoms with Crippen LogP contribution in [0.25, 0.3) is 0 Å². The van der Waals surface area contributed by atoms with Gasteiger partial charge in [0.15, 0.2) is 0 Å². The molecule has 0 saturated heterocycles. The summed E-state index contributed by atoms with van der Waals surface area (Å²) in [6.45, 7) is 0. The number of alkyl halides is 8. The van der Waals surface area contributed by atoms with Crippen molar-refractivity contribution < 1.29 is 49.5 Å². The lowest BCUT2D eigenvalue weighted by molar-refractivity contribution is -0.142. The van der Waals surface area contributed by atoms with Gasteiger partial charge in [-0.2, -0.15) is 26.3 Å². The first kappa shape index (κ1) is 34.3. The number of amides is 3. The summed E-state index contributed by atoms with van der Waals surface area (Å²) in [5.41, 5.74) is -2.46. The van der Waals surface area contributed by atoms with Crippen molar-refractivity contribution in [1.82, 2.24) is 0 Å². The summed E-state index contributed by atoms with van der Waals surface area (Å²) in [7, 11) is 0. The fraction of sp³-hybridized carbons (Fsp3) is 0.250. The molecule has 0 radical (unpaired) electrons. The lowest BCUT2D eigenvalue weighted by Crippen LogP contribution is -2.18. The van der Waals surface area contributed by atoms with E-state index in [0.29, 0.717) is 12.1 Å². The zero-order valence-corrected chi connectivity index (χ0v) is 24.4. The fourth-order valence-electron chi connectivity index (χ4n) is 4.39. The summed E-state index contributed by atoms with van der Waals surface area (Å²) < 4.78 is 103. The Morgan fingerprint density at radius 2 is 1.44 bits per heavy atom. The molecule has 3 aromatic carbocycles. The predicted molar refractivity (Wildman–Crippen MR) is 150 cm³/mol. The molecule has 2 atom stereocenters. The van der Waals surface area contributed by atoms with Crippen LogP contribution in [-0.2, 0) is 15.8 Å².